The average Bonchev–Trinajstić information content (AvgIpc) is 2.38. The van der Waals surface area contributed by atoms with Crippen LogP contribution >= 0.6 is 11.6 Å². The average molecular weight is 282 g/mol. The highest BCUT2D eigenvalue weighted by atomic mass is 35.5. The molecule has 0 spiro atoms. The topological polar surface area (TPSA) is 29.1 Å². The number of aryl methyl sites for hydroxylation is 1. The molecule has 3 heteroatoms. The zero-order chi connectivity index (χ0) is 14.3. The number of hydrogen-bond donors (Lipinski definition) is 1. The van der Waals surface area contributed by atoms with Crippen molar-refractivity contribution >= 4 is 17.5 Å². The zero-order valence-corrected chi connectivity index (χ0v) is 12.9. The van der Waals surface area contributed by atoms with Crippen molar-refractivity contribution in [3.05, 3.63) is 34.3 Å². The fourth-order valence-electron chi connectivity index (χ4n) is 2.08. The third-order valence-electron chi connectivity index (χ3n) is 3.46. The summed E-state index contributed by atoms with van der Waals surface area (Å²) in [5.74, 6) is 0.494. The van der Waals surface area contributed by atoms with E-state index in [2.05, 4.69) is 19.2 Å². The van der Waals surface area contributed by atoms with Gasteiger partial charge < -0.3 is 5.32 Å². The summed E-state index contributed by atoms with van der Waals surface area (Å²) >= 11 is 6.10. The smallest absolute Gasteiger partial charge is 0.252 e. The number of carbonyl (C=O) groups excluding carboxylic acids is 1. The van der Waals surface area contributed by atoms with Gasteiger partial charge in [0.1, 0.15) is 0 Å². The monoisotopic (exact) mass is 281 g/mol. The quantitative estimate of drug-likeness (QED) is 0.778. The summed E-state index contributed by atoms with van der Waals surface area (Å²) in [6.07, 6.45) is 4.70. The lowest BCUT2D eigenvalue weighted by Gasteiger charge is -2.15. The first-order chi connectivity index (χ1) is 9.08. The number of nitrogens with one attached hydrogen (secondary N) is 1. The molecule has 1 atom stereocenters. The molecule has 0 aromatic heterocycles. The van der Waals surface area contributed by atoms with Crippen LogP contribution in [0.1, 0.15) is 55.5 Å². The summed E-state index contributed by atoms with van der Waals surface area (Å²) in [6, 6.07) is 5.53. The van der Waals surface area contributed by atoms with E-state index in [1.807, 2.05) is 19.1 Å². The fourth-order valence-corrected chi connectivity index (χ4v) is 2.40. The minimum atomic E-state index is -0.0695. The van der Waals surface area contributed by atoms with Gasteiger partial charge in [-0.3, -0.25) is 4.79 Å². The van der Waals surface area contributed by atoms with Crippen molar-refractivity contribution in [3.63, 3.8) is 0 Å². The van der Waals surface area contributed by atoms with E-state index < -0.39 is 0 Å². The lowest BCUT2D eigenvalue weighted by Crippen LogP contribution is -2.29. The molecular weight excluding hydrogens is 258 g/mol. The molecule has 0 saturated heterocycles. The molecule has 0 aliphatic rings. The second-order valence-electron chi connectivity index (χ2n) is 5.11. The minimum absolute atomic E-state index is 0.0695. The summed E-state index contributed by atoms with van der Waals surface area (Å²) in [5.41, 5.74) is 1.63. The number of hydrogen-bond acceptors (Lipinski definition) is 1. The Morgan fingerprint density at radius 1 is 1.37 bits per heavy atom. The molecular formula is C16H24ClNO. The van der Waals surface area contributed by atoms with E-state index in [9.17, 15) is 4.79 Å². The normalized spacial score (nSPS) is 12.2. The van der Waals surface area contributed by atoms with Crippen LogP contribution in [0.4, 0.5) is 0 Å². The van der Waals surface area contributed by atoms with Gasteiger partial charge in [0, 0.05) is 6.54 Å². The van der Waals surface area contributed by atoms with E-state index in [-0.39, 0.29) is 5.91 Å². The number of rotatable bonds is 7. The molecule has 0 heterocycles. The highest BCUT2D eigenvalue weighted by Gasteiger charge is 2.12. The van der Waals surface area contributed by atoms with E-state index in [1.54, 1.807) is 6.07 Å². The Bertz CT molecular complexity index is 417. The van der Waals surface area contributed by atoms with Crippen LogP contribution in [0.15, 0.2) is 18.2 Å². The summed E-state index contributed by atoms with van der Waals surface area (Å²) in [4.78, 5) is 12.1. The van der Waals surface area contributed by atoms with Crippen LogP contribution in [-0.4, -0.2) is 12.5 Å². The van der Waals surface area contributed by atoms with Crippen molar-refractivity contribution < 1.29 is 4.79 Å². The van der Waals surface area contributed by atoms with Crippen molar-refractivity contribution in [3.8, 4) is 0 Å². The molecule has 0 aliphatic carbocycles. The number of halogens is 1. The lowest BCUT2D eigenvalue weighted by atomic mass is 9.99. The van der Waals surface area contributed by atoms with Crippen molar-refractivity contribution in [1.29, 1.82) is 0 Å². The third kappa shape index (κ3) is 5.23. The highest BCUT2D eigenvalue weighted by molar-refractivity contribution is 6.33. The van der Waals surface area contributed by atoms with E-state index in [0.717, 1.165) is 18.5 Å². The number of amides is 1. The molecule has 1 rings (SSSR count). The zero-order valence-electron chi connectivity index (χ0n) is 12.1. The van der Waals surface area contributed by atoms with Gasteiger partial charge in [0.2, 0.25) is 0 Å². The largest absolute Gasteiger partial charge is 0.352 e. The summed E-state index contributed by atoms with van der Waals surface area (Å²) in [7, 11) is 0. The molecule has 1 aromatic rings. The first-order valence-electron chi connectivity index (χ1n) is 7.12. The molecule has 0 bridgehead atoms. The molecule has 106 valence electrons. The maximum Gasteiger partial charge on any atom is 0.252 e. The SMILES string of the molecule is CCCC[C@@H](CC)CNC(=O)c1ccc(C)cc1Cl. The molecule has 0 saturated carbocycles. The van der Waals surface area contributed by atoms with Crippen LogP contribution in [0.25, 0.3) is 0 Å². The second-order valence-corrected chi connectivity index (χ2v) is 5.52. The molecule has 0 fully saturated rings. The molecule has 1 N–H and O–H groups in total. The Labute approximate surface area is 121 Å². The molecule has 2 nitrogen and oxygen atoms in total. The van der Waals surface area contributed by atoms with Gasteiger partial charge in [-0.15, -0.1) is 0 Å². The first-order valence-corrected chi connectivity index (χ1v) is 7.50. The molecule has 0 aliphatic heterocycles. The van der Waals surface area contributed by atoms with Crippen molar-refractivity contribution in [1.82, 2.24) is 5.32 Å². The summed E-state index contributed by atoms with van der Waals surface area (Å²) < 4.78 is 0. The Hall–Kier alpha value is -1.02. The summed E-state index contributed by atoms with van der Waals surface area (Å²) in [6.45, 7) is 7.06. The van der Waals surface area contributed by atoms with Gasteiger partial charge in [0.05, 0.1) is 10.6 Å². The van der Waals surface area contributed by atoms with Crippen LogP contribution in [0, 0.1) is 12.8 Å². The van der Waals surface area contributed by atoms with Gasteiger partial charge in [0.15, 0.2) is 0 Å². The predicted molar refractivity (Wildman–Crippen MR) is 81.8 cm³/mol. The lowest BCUT2D eigenvalue weighted by molar-refractivity contribution is 0.0946. The Kier molecular flexibility index (Phi) is 6.93. The molecule has 0 radical (unpaired) electrons. The van der Waals surface area contributed by atoms with Crippen molar-refractivity contribution in [2.75, 3.05) is 6.54 Å². The fraction of sp³-hybridized carbons (Fsp3) is 0.562. The van der Waals surface area contributed by atoms with Gasteiger partial charge in [-0.25, -0.2) is 0 Å². The van der Waals surface area contributed by atoms with E-state index in [0.29, 0.717) is 16.5 Å². The predicted octanol–water partition coefficient (Wildman–Crippen LogP) is 4.59. The molecule has 1 amide bonds. The highest BCUT2D eigenvalue weighted by Crippen LogP contribution is 2.18. The Morgan fingerprint density at radius 3 is 2.68 bits per heavy atom. The van der Waals surface area contributed by atoms with Gasteiger partial charge in [0.25, 0.3) is 5.91 Å². The molecule has 1 aromatic carbocycles. The van der Waals surface area contributed by atoms with Crippen LogP contribution in [0.3, 0.4) is 0 Å². The minimum Gasteiger partial charge on any atom is -0.352 e. The van der Waals surface area contributed by atoms with E-state index in [1.165, 1.54) is 19.3 Å². The van der Waals surface area contributed by atoms with Crippen LogP contribution in [0.2, 0.25) is 5.02 Å². The van der Waals surface area contributed by atoms with Crippen molar-refractivity contribution in [2.45, 2.75) is 46.5 Å². The van der Waals surface area contributed by atoms with Crippen LogP contribution < -0.4 is 5.32 Å². The van der Waals surface area contributed by atoms with Gasteiger partial charge in [-0.1, -0.05) is 50.8 Å². The van der Waals surface area contributed by atoms with Crippen LogP contribution in [0.5, 0.6) is 0 Å². The summed E-state index contributed by atoms with van der Waals surface area (Å²) in [5, 5.41) is 3.52. The Balaban J connectivity index is 2.54. The van der Waals surface area contributed by atoms with Crippen LogP contribution in [-0.2, 0) is 0 Å². The van der Waals surface area contributed by atoms with Gasteiger partial charge in [-0.2, -0.15) is 0 Å². The van der Waals surface area contributed by atoms with Crippen molar-refractivity contribution in [2.24, 2.45) is 5.92 Å². The van der Waals surface area contributed by atoms with Gasteiger partial charge in [-0.05, 0) is 37.0 Å². The van der Waals surface area contributed by atoms with E-state index >= 15 is 0 Å². The first kappa shape index (κ1) is 16.0. The maximum atomic E-state index is 12.1. The van der Waals surface area contributed by atoms with Gasteiger partial charge >= 0.3 is 0 Å². The maximum absolute atomic E-state index is 12.1. The number of unbranched alkanes of at least 4 members (excludes halogenated alkanes) is 1. The third-order valence-corrected chi connectivity index (χ3v) is 3.78. The Morgan fingerprint density at radius 2 is 2.11 bits per heavy atom. The standard InChI is InChI=1S/C16H24ClNO/c1-4-6-7-13(5-2)11-18-16(19)14-9-8-12(3)10-15(14)17/h8-10,13H,4-7,11H2,1-3H3,(H,18,19)/t13-/m1/s1. The number of benzene rings is 1. The molecule has 19 heavy (non-hydrogen) atoms. The molecule has 0 unspecified atom stereocenters. The number of carbonyl (C=O) groups is 1. The second kappa shape index (κ2) is 8.21. The van der Waals surface area contributed by atoms with E-state index in [4.69, 9.17) is 11.6 Å².